The zero-order chi connectivity index (χ0) is 18.6. The Balaban J connectivity index is 1.71. The average Bonchev–Trinajstić information content (AvgIpc) is 2.98. The SMILES string of the molecule is O=C(Nc1ccc(F)cc1)c1cc(N2CCCCCC2)[nH+]c2ccccc12. The molecule has 3 aromatic rings. The minimum atomic E-state index is -0.323. The van der Waals surface area contributed by atoms with Crippen LogP contribution in [0.4, 0.5) is 15.9 Å². The Morgan fingerprint density at radius 2 is 1.67 bits per heavy atom. The number of nitrogens with zero attached hydrogens (tertiary/aromatic N) is 1. The van der Waals surface area contributed by atoms with Gasteiger partial charge in [-0.15, -0.1) is 0 Å². The largest absolute Gasteiger partial charge is 0.322 e. The van der Waals surface area contributed by atoms with E-state index in [1.54, 1.807) is 12.1 Å². The molecular weight excluding hydrogens is 341 g/mol. The molecule has 4 rings (SSSR count). The second-order valence-electron chi connectivity index (χ2n) is 6.98. The summed E-state index contributed by atoms with van der Waals surface area (Å²) in [6.07, 6.45) is 4.83. The van der Waals surface area contributed by atoms with E-state index in [1.165, 1.54) is 25.0 Å². The lowest BCUT2D eigenvalue weighted by Gasteiger charge is -2.16. The van der Waals surface area contributed by atoms with Gasteiger partial charge < -0.3 is 5.32 Å². The summed E-state index contributed by atoms with van der Waals surface area (Å²) in [6, 6.07) is 15.6. The molecule has 1 aromatic heterocycles. The summed E-state index contributed by atoms with van der Waals surface area (Å²) >= 11 is 0. The highest BCUT2D eigenvalue weighted by atomic mass is 19.1. The van der Waals surface area contributed by atoms with E-state index in [9.17, 15) is 9.18 Å². The van der Waals surface area contributed by atoms with Crippen molar-refractivity contribution in [2.45, 2.75) is 25.7 Å². The Morgan fingerprint density at radius 1 is 0.963 bits per heavy atom. The number of nitrogens with one attached hydrogen (secondary N) is 2. The van der Waals surface area contributed by atoms with E-state index < -0.39 is 0 Å². The van der Waals surface area contributed by atoms with Crippen molar-refractivity contribution in [1.82, 2.24) is 0 Å². The monoisotopic (exact) mass is 364 g/mol. The predicted octanol–water partition coefficient (Wildman–Crippen LogP) is 4.43. The maximum Gasteiger partial charge on any atom is 0.275 e. The summed E-state index contributed by atoms with van der Waals surface area (Å²) in [7, 11) is 0. The highest BCUT2D eigenvalue weighted by molar-refractivity contribution is 6.12. The number of pyridine rings is 1. The molecule has 2 aromatic carbocycles. The molecule has 5 heteroatoms. The summed E-state index contributed by atoms with van der Waals surface area (Å²) in [5.74, 6) is 0.457. The lowest BCUT2D eigenvalue weighted by Crippen LogP contribution is -2.31. The van der Waals surface area contributed by atoms with E-state index >= 15 is 0 Å². The fraction of sp³-hybridized carbons (Fsp3) is 0.273. The standard InChI is InChI=1S/C22H22FN3O/c23-16-9-11-17(12-10-16)24-22(27)19-15-21(26-13-5-1-2-6-14-26)25-20-8-4-3-7-18(19)20/h3-4,7-12,15H,1-2,5-6,13-14H2,(H,24,27)/p+1. The third kappa shape index (κ3) is 3.92. The van der Waals surface area contributed by atoms with Crippen molar-refractivity contribution in [3.8, 4) is 0 Å². The average molecular weight is 364 g/mol. The van der Waals surface area contributed by atoms with Gasteiger partial charge in [0, 0.05) is 17.1 Å². The lowest BCUT2D eigenvalue weighted by atomic mass is 10.1. The number of rotatable bonds is 3. The molecule has 0 bridgehead atoms. The zero-order valence-corrected chi connectivity index (χ0v) is 15.2. The molecule has 27 heavy (non-hydrogen) atoms. The molecule has 0 aliphatic carbocycles. The van der Waals surface area contributed by atoms with Crippen LogP contribution in [0.1, 0.15) is 36.0 Å². The molecule has 1 aliphatic heterocycles. The summed E-state index contributed by atoms with van der Waals surface area (Å²) < 4.78 is 13.1. The molecule has 0 unspecified atom stereocenters. The van der Waals surface area contributed by atoms with Gasteiger partial charge in [0.05, 0.1) is 18.7 Å². The molecule has 2 heterocycles. The molecule has 1 aliphatic rings. The summed E-state index contributed by atoms with van der Waals surface area (Å²) in [5.41, 5.74) is 2.13. The van der Waals surface area contributed by atoms with Crippen LogP contribution in [-0.4, -0.2) is 19.0 Å². The second kappa shape index (κ2) is 7.74. The van der Waals surface area contributed by atoms with Gasteiger partial charge in [-0.3, -0.25) is 9.69 Å². The smallest absolute Gasteiger partial charge is 0.275 e. The van der Waals surface area contributed by atoms with Crippen molar-refractivity contribution in [3.05, 3.63) is 66.0 Å². The van der Waals surface area contributed by atoms with Gasteiger partial charge in [-0.2, -0.15) is 0 Å². The number of halogens is 1. The minimum Gasteiger partial charge on any atom is -0.322 e. The first-order valence-electron chi connectivity index (χ1n) is 9.48. The van der Waals surface area contributed by atoms with Gasteiger partial charge in [0.1, 0.15) is 11.3 Å². The molecule has 0 saturated carbocycles. The molecule has 1 fully saturated rings. The third-order valence-electron chi connectivity index (χ3n) is 5.05. The molecule has 2 N–H and O–H groups in total. The van der Waals surface area contributed by atoms with Crippen LogP contribution >= 0.6 is 0 Å². The Labute approximate surface area is 158 Å². The van der Waals surface area contributed by atoms with Gasteiger partial charge >= 0.3 is 0 Å². The van der Waals surface area contributed by atoms with Gasteiger partial charge in [-0.05, 0) is 62.1 Å². The maximum atomic E-state index is 13.1. The Hall–Kier alpha value is -2.95. The van der Waals surface area contributed by atoms with Crippen LogP contribution in [0.3, 0.4) is 0 Å². The number of fused-ring (bicyclic) bond motifs is 1. The van der Waals surface area contributed by atoms with Crippen molar-refractivity contribution in [2.24, 2.45) is 0 Å². The number of amides is 1. The zero-order valence-electron chi connectivity index (χ0n) is 15.2. The maximum absolute atomic E-state index is 13.1. The Kier molecular flexibility index (Phi) is 5.01. The quantitative estimate of drug-likeness (QED) is 0.747. The van der Waals surface area contributed by atoms with Crippen LogP contribution in [0.2, 0.25) is 0 Å². The number of hydrogen-bond acceptors (Lipinski definition) is 2. The molecule has 0 radical (unpaired) electrons. The Morgan fingerprint density at radius 3 is 2.41 bits per heavy atom. The molecular formula is C22H23FN3O+. The van der Waals surface area contributed by atoms with Gasteiger partial charge in [-0.1, -0.05) is 12.1 Å². The Bertz CT molecular complexity index is 947. The van der Waals surface area contributed by atoms with Crippen LogP contribution in [0.15, 0.2) is 54.6 Å². The fourth-order valence-electron chi connectivity index (χ4n) is 3.62. The molecule has 138 valence electrons. The molecule has 0 spiro atoms. The lowest BCUT2D eigenvalue weighted by molar-refractivity contribution is -0.330. The highest BCUT2D eigenvalue weighted by Crippen LogP contribution is 2.23. The van der Waals surface area contributed by atoms with E-state index in [2.05, 4.69) is 15.2 Å². The summed E-state index contributed by atoms with van der Waals surface area (Å²) in [5, 5.41) is 3.75. The number of para-hydroxylation sites is 1. The van der Waals surface area contributed by atoms with Crippen molar-refractivity contribution >= 4 is 28.3 Å². The van der Waals surface area contributed by atoms with E-state index in [0.717, 1.165) is 42.7 Å². The summed E-state index contributed by atoms with van der Waals surface area (Å²) in [6.45, 7) is 1.99. The van der Waals surface area contributed by atoms with Gasteiger partial charge in [0.15, 0.2) is 0 Å². The van der Waals surface area contributed by atoms with Crippen LogP contribution < -0.4 is 15.2 Å². The molecule has 1 amide bonds. The van der Waals surface area contributed by atoms with Gasteiger partial charge in [0.25, 0.3) is 11.7 Å². The minimum absolute atomic E-state index is 0.192. The molecule has 1 saturated heterocycles. The van der Waals surface area contributed by atoms with Crippen LogP contribution in [0, 0.1) is 5.82 Å². The molecule has 4 nitrogen and oxygen atoms in total. The van der Waals surface area contributed by atoms with E-state index in [4.69, 9.17) is 0 Å². The number of carbonyl (C=O) groups is 1. The normalized spacial score (nSPS) is 14.8. The van der Waals surface area contributed by atoms with Gasteiger partial charge in [-0.25, -0.2) is 9.37 Å². The van der Waals surface area contributed by atoms with Crippen molar-refractivity contribution in [2.75, 3.05) is 23.3 Å². The number of anilines is 2. The third-order valence-corrected chi connectivity index (χ3v) is 5.05. The topological polar surface area (TPSA) is 46.5 Å². The summed E-state index contributed by atoms with van der Waals surface area (Å²) in [4.78, 5) is 18.8. The van der Waals surface area contributed by atoms with E-state index in [-0.39, 0.29) is 11.7 Å². The van der Waals surface area contributed by atoms with E-state index in [1.807, 2.05) is 30.3 Å². The first kappa shape index (κ1) is 17.5. The number of aromatic amines is 1. The second-order valence-corrected chi connectivity index (χ2v) is 6.98. The fourth-order valence-corrected chi connectivity index (χ4v) is 3.62. The number of benzene rings is 2. The number of carbonyl (C=O) groups excluding carboxylic acids is 1. The predicted molar refractivity (Wildman–Crippen MR) is 106 cm³/mol. The number of hydrogen-bond donors (Lipinski definition) is 1. The number of aromatic nitrogens is 1. The number of H-pyrrole nitrogens is 1. The van der Waals surface area contributed by atoms with Crippen LogP contribution in [0.25, 0.3) is 10.9 Å². The van der Waals surface area contributed by atoms with Crippen molar-refractivity contribution in [1.29, 1.82) is 0 Å². The highest BCUT2D eigenvalue weighted by Gasteiger charge is 2.22. The van der Waals surface area contributed by atoms with Gasteiger partial charge in [0.2, 0.25) is 0 Å². The first-order valence-corrected chi connectivity index (χ1v) is 9.48. The van der Waals surface area contributed by atoms with Crippen molar-refractivity contribution < 1.29 is 14.2 Å². The van der Waals surface area contributed by atoms with Crippen molar-refractivity contribution in [3.63, 3.8) is 0 Å². The van der Waals surface area contributed by atoms with Crippen LogP contribution in [-0.2, 0) is 0 Å². The van der Waals surface area contributed by atoms with E-state index in [0.29, 0.717) is 11.3 Å². The molecule has 0 atom stereocenters. The first-order chi connectivity index (χ1) is 13.2. The van der Waals surface area contributed by atoms with Crippen LogP contribution in [0.5, 0.6) is 0 Å².